The topological polar surface area (TPSA) is 69.4 Å². The van der Waals surface area contributed by atoms with Gasteiger partial charge in [0, 0.05) is 54.1 Å². The highest BCUT2D eigenvalue weighted by Crippen LogP contribution is 2.33. The van der Waals surface area contributed by atoms with E-state index in [1.165, 1.54) is 5.39 Å². The number of nitrogens with zero attached hydrogens (tertiary/aromatic N) is 4. The van der Waals surface area contributed by atoms with Crippen LogP contribution in [0.2, 0.25) is 0 Å². The lowest BCUT2D eigenvalue weighted by Crippen LogP contribution is -2.34. The molecule has 4 heterocycles. The Morgan fingerprint density at radius 3 is 2.86 bits per heavy atom. The summed E-state index contributed by atoms with van der Waals surface area (Å²) < 4.78 is 2.23. The van der Waals surface area contributed by atoms with Gasteiger partial charge >= 0.3 is 0 Å². The third-order valence-electron chi connectivity index (χ3n) is 7.22. The van der Waals surface area contributed by atoms with Gasteiger partial charge < -0.3 is 15.0 Å². The summed E-state index contributed by atoms with van der Waals surface area (Å²) in [7, 11) is 0. The fraction of sp³-hybridized carbons (Fsp3) is 0.267. The Bertz CT molecular complexity index is 1560. The van der Waals surface area contributed by atoms with Crippen LogP contribution in [0.1, 0.15) is 42.1 Å². The summed E-state index contributed by atoms with van der Waals surface area (Å²) in [6.07, 6.45) is 10.8. The average molecular weight is 476 g/mol. The van der Waals surface area contributed by atoms with Gasteiger partial charge in [-0.3, -0.25) is 9.38 Å². The van der Waals surface area contributed by atoms with Gasteiger partial charge in [-0.15, -0.1) is 0 Å². The van der Waals surface area contributed by atoms with Crippen LogP contribution < -0.4 is 0 Å². The largest absolute Gasteiger partial charge is 0.392 e. The molecule has 0 aliphatic carbocycles. The molecular formula is C30H29N5O. The number of fused-ring (bicyclic) bond motifs is 2. The Morgan fingerprint density at radius 2 is 1.97 bits per heavy atom. The Kier molecular flexibility index (Phi) is 6.25. The van der Waals surface area contributed by atoms with Gasteiger partial charge in [-0.05, 0) is 55.1 Å². The molecule has 1 saturated heterocycles. The van der Waals surface area contributed by atoms with Gasteiger partial charge in [0.25, 0.3) is 0 Å². The Balaban J connectivity index is 1.15. The normalized spacial score (nSPS) is 14.8. The second-order valence-electron chi connectivity index (χ2n) is 9.41. The van der Waals surface area contributed by atoms with Crippen LogP contribution in [-0.2, 0) is 6.61 Å². The van der Waals surface area contributed by atoms with E-state index < -0.39 is 0 Å². The van der Waals surface area contributed by atoms with Crippen LogP contribution >= 0.6 is 0 Å². The third kappa shape index (κ3) is 4.39. The predicted molar refractivity (Wildman–Crippen MR) is 143 cm³/mol. The molecule has 0 radical (unpaired) electrons. The van der Waals surface area contributed by atoms with Crippen molar-refractivity contribution >= 4 is 16.4 Å². The van der Waals surface area contributed by atoms with Crippen molar-refractivity contribution in [2.24, 2.45) is 0 Å². The van der Waals surface area contributed by atoms with E-state index in [1.54, 1.807) is 0 Å². The highest BCUT2D eigenvalue weighted by atomic mass is 16.3. The molecule has 1 aliphatic rings. The lowest BCUT2D eigenvalue weighted by molar-refractivity contribution is 0.213. The number of piperidine rings is 1. The van der Waals surface area contributed by atoms with E-state index in [0.29, 0.717) is 5.92 Å². The van der Waals surface area contributed by atoms with Crippen molar-refractivity contribution in [2.45, 2.75) is 31.8 Å². The van der Waals surface area contributed by atoms with Crippen molar-refractivity contribution in [3.05, 3.63) is 90.3 Å². The highest BCUT2D eigenvalue weighted by molar-refractivity contribution is 5.87. The molecule has 0 saturated carbocycles. The summed E-state index contributed by atoms with van der Waals surface area (Å²) in [5, 5.41) is 10.7. The standard InChI is InChI=1S/C30H29N5O/c36-21-26-7-2-1-5-22(26)6-3-4-15-34-16-11-24(12-17-34)30-33-29(28-20-31-14-18-35(28)30)25-9-8-23-10-13-32-27(23)19-25/h1-2,5,7-10,13-14,18-20,24,32,36H,4,11-12,15-17,21H2. The van der Waals surface area contributed by atoms with E-state index in [4.69, 9.17) is 4.98 Å². The minimum absolute atomic E-state index is 0.0270. The molecule has 6 rings (SSSR count). The van der Waals surface area contributed by atoms with Gasteiger partial charge in [-0.1, -0.05) is 42.2 Å². The fourth-order valence-electron chi connectivity index (χ4n) is 5.22. The molecule has 0 amide bonds. The number of rotatable bonds is 5. The molecule has 2 N–H and O–H groups in total. The van der Waals surface area contributed by atoms with Crippen LogP contribution in [0.15, 0.2) is 73.3 Å². The molecule has 0 atom stereocenters. The minimum atomic E-state index is 0.0270. The van der Waals surface area contributed by atoms with Crippen LogP contribution in [-0.4, -0.2) is 49.0 Å². The molecular weight excluding hydrogens is 446 g/mol. The molecule has 3 aromatic heterocycles. The summed E-state index contributed by atoms with van der Waals surface area (Å²) in [4.78, 5) is 15.4. The number of hydrogen-bond donors (Lipinski definition) is 2. The third-order valence-corrected chi connectivity index (χ3v) is 7.22. The summed E-state index contributed by atoms with van der Waals surface area (Å²) in [6.45, 7) is 3.08. The van der Waals surface area contributed by atoms with Gasteiger partial charge in [0.2, 0.25) is 0 Å². The first kappa shape index (κ1) is 22.5. The van der Waals surface area contributed by atoms with Crippen molar-refractivity contribution < 1.29 is 5.11 Å². The highest BCUT2D eigenvalue weighted by Gasteiger charge is 2.25. The molecule has 36 heavy (non-hydrogen) atoms. The zero-order valence-corrected chi connectivity index (χ0v) is 20.2. The number of benzene rings is 2. The van der Waals surface area contributed by atoms with E-state index in [0.717, 1.165) is 78.1 Å². The number of imidazole rings is 1. The minimum Gasteiger partial charge on any atom is -0.392 e. The second-order valence-corrected chi connectivity index (χ2v) is 9.41. The Hall–Kier alpha value is -3.92. The first-order valence-electron chi connectivity index (χ1n) is 12.6. The van der Waals surface area contributed by atoms with Gasteiger partial charge in [0.1, 0.15) is 5.82 Å². The van der Waals surface area contributed by atoms with Crippen LogP contribution in [0, 0.1) is 11.8 Å². The average Bonchev–Trinajstić information content (AvgIpc) is 3.56. The van der Waals surface area contributed by atoms with Gasteiger partial charge in [0.05, 0.1) is 24.0 Å². The zero-order chi connectivity index (χ0) is 24.3. The second kappa shape index (κ2) is 9.98. The van der Waals surface area contributed by atoms with E-state index >= 15 is 0 Å². The maximum absolute atomic E-state index is 9.48. The molecule has 180 valence electrons. The molecule has 0 bridgehead atoms. The molecule has 6 heteroatoms. The van der Waals surface area contributed by atoms with Crippen molar-refractivity contribution in [2.75, 3.05) is 19.6 Å². The molecule has 6 nitrogen and oxygen atoms in total. The van der Waals surface area contributed by atoms with E-state index in [1.807, 2.05) is 49.1 Å². The van der Waals surface area contributed by atoms with Crippen LogP contribution in [0.3, 0.4) is 0 Å². The number of nitrogens with one attached hydrogen (secondary N) is 1. The summed E-state index contributed by atoms with van der Waals surface area (Å²) in [6, 6.07) is 16.4. The lowest BCUT2D eigenvalue weighted by Gasteiger charge is -2.30. The monoisotopic (exact) mass is 475 g/mol. The zero-order valence-electron chi connectivity index (χ0n) is 20.2. The summed E-state index contributed by atoms with van der Waals surface area (Å²) >= 11 is 0. The predicted octanol–water partition coefficient (Wildman–Crippen LogP) is 4.99. The van der Waals surface area contributed by atoms with Crippen LogP contribution in [0.4, 0.5) is 0 Å². The number of aliphatic hydroxyl groups excluding tert-OH is 1. The number of likely N-dealkylation sites (tertiary alicyclic amines) is 1. The number of H-pyrrole nitrogens is 1. The Morgan fingerprint density at radius 1 is 1.08 bits per heavy atom. The van der Waals surface area contributed by atoms with E-state index in [9.17, 15) is 5.11 Å². The smallest absolute Gasteiger partial charge is 0.117 e. The first-order chi connectivity index (χ1) is 17.8. The van der Waals surface area contributed by atoms with Crippen LogP contribution in [0.25, 0.3) is 27.7 Å². The quantitative estimate of drug-likeness (QED) is 0.351. The molecule has 1 fully saturated rings. The van der Waals surface area contributed by atoms with Crippen molar-refractivity contribution in [1.82, 2.24) is 24.3 Å². The van der Waals surface area contributed by atoms with E-state index in [2.05, 4.69) is 55.4 Å². The van der Waals surface area contributed by atoms with Gasteiger partial charge in [0.15, 0.2) is 0 Å². The fourth-order valence-corrected chi connectivity index (χ4v) is 5.22. The lowest BCUT2D eigenvalue weighted by atomic mass is 9.96. The van der Waals surface area contributed by atoms with Crippen molar-refractivity contribution in [3.8, 4) is 23.1 Å². The maximum atomic E-state index is 9.48. The number of aromatic nitrogens is 4. The number of aromatic amines is 1. The summed E-state index contributed by atoms with van der Waals surface area (Å²) in [5.41, 5.74) is 6.09. The first-order valence-corrected chi connectivity index (χ1v) is 12.6. The molecule has 0 spiro atoms. The number of hydrogen-bond acceptors (Lipinski definition) is 4. The van der Waals surface area contributed by atoms with Gasteiger partial charge in [-0.25, -0.2) is 4.98 Å². The molecule has 1 aliphatic heterocycles. The van der Waals surface area contributed by atoms with Crippen molar-refractivity contribution in [1.29, 1.82) is 0 Å². The van der Waals surface area contributed by atoms with E-state index in [-0.39, 0.29) is 6.61 Å². The number of aliphatic hydroxyl groups is 1. The van der Waals surface area contributed by atoms with Crippen LogP contribution in [0.5, 0.6) is 0 Å². The molecule has 5 aromatic rings. The Labute approximate surface area is 210 Å². The van der Waals surface area contributed by atoms with Crippen molar-refractivity contribution in [3.63, 3.8) is 0 Å². The maximum Gasteiger partial charge on any atom is 0.117 e. The SMILES string of the molecule is OCc1ccccc1C#CCCN1CCC(c2nc(-c3ccc4cc[nH]c4c3)c3cnccn23)CC1. The molecule has 2 aromatic carbocycles. The van der Waals surface area contributed by atoms with Gasteiger partial charge in [-0.2, -0.15) is 0 Å². The summed E-state index contributed by atoms with van der Waals surface area (Å²) in [5.74, 6) is 8.07. The molecule has 0 unspecified atom stereocenters.